The lowest BCUT2D eigenvalue weighted by Gasteiger charge is -2.05. The molecule has 2 rings (SSSR count). The van der Waals surface area contributed by atoms with E-state index >= 15 is 0 Å². The van der Waals surface area contributed by atoms with Gasteiger partial charge in [-0.3, -0.25) is 4.79 Å². The molecule has 6 heteroatoms. The van der Waals surface area contributed by atoms with Crippen molar-refractivity contribution >= 4 is 44.6 Å². The van der Waals surface area contributed by atoms with E-state index in [0.29, 0.717) is 28.6 Å². The number of fused-ring (bicyclic) bond motifs is 1. The number of hydrogen-bond donors (Lipinski definition) is 3. The van der Waals surface area contributed by atoms with E-state index in [1.807, 2.05) is 6.07 Å². The summed E-state index contributed by atoms with van der Waals surface area (Å²) in [5.41, 5.74) is 6.46. The SMILES string of the molecule is CC(O)CCNC(=O)c1sc2cc(Cl)ccc2c1N. The van der Waals surface area contributed by atoms with Crippen molar-refractivity contribution in [1.82, 2.24) is 5.32 Å². The largest absolute Gasteiger partial charge is 0.397 e. The second kappa shape index (κ2) is 5.77. The van der Waals surface area contributed by atoms with Crippen LogP contribution in [0, 0.1) is 0 Å². The van der Waals surface area contributed by atoms with E-state index in [1.165, 1.54) is 11.3 Å². The number of halogens is 1. The summed E-state index contributed by atoms with van der Waals surface area (Å²) in [5.74, 6) is -0.213. The minimum atomic E-state index is -0.432. The van der Waals surface area contributed by atoms with E-state index in [9.17, 15) is 4.79 Å². The van der Waals surface area contributed by atoms with Crippen LogP contribution < -0.4 is 11.1 Å². The molecule has 0 saturated heterocycles. The van der Waals surface area contributed by atoms with Crippen molar-refractivity contribution in [1.29, 1.82) is 0 Å². The Morgan fingerprint density at radius 2 is 2.32 bits per heavy atom. The number of aliphatic hydroxyl groups is 1. The molecule has 0 saturated carbocycles. The van der Waals surface area contributed by atoms with E-state index in [4.69, 9.17) is 22.4 Å². The number of nitrogens with one attached hydrogen (secondary N) is 1. The number of aliphatic hydroxyl groups excluding tert-OH is 1. The number of benzene rings is 1. The molecule has 0 aliphatic carbocycles. The third-order valence-electron chi connectivity index (χ3n) is 2.74. The molecule has 0 aliphatic rings. The first-order valence-electron chi connectivity index (χ1n) is 5.93. The summed E-state index contributed by atoms with van der Waals surface area (Å²) in [6.45, 7) is 2.10. The number of anilines is 1. The van der Waals surface area contributed by atoms with Crippen molar-refractivity contribution in [3.63, 3.8) is 0 Å². The Hall–Kier alpha value is -1.30. The van der Waals surface area contributed by atoms with Crippen molar-refractivity contribution in [2.75, 3.05) is 12.3 Å². The Morgan fingerprint density at radius 3 is 3.00 bits per heavy atom. The molecule has 0 aliphatic heterocycles. The van der Waals surface area contributed by atoms with Gasteiger partial charge in [-0.1, -0.05) is 11.6 Å². The van der Waals surface area contributed by atoms with Crippen molar-refractivity contribution in [3.05, 3.63) is 28.1 Å². The Morgan fingerprint density at radius 1 is 1.58 bits per heavy atom. The molecule has 4 nitrogen and oxygen atoms in total. The van der Waals surface area contributed by atoms with Crippen LogP contribution in [0.3, 0.4) is 0 Å². The molecule has 102 valence electrons. The highest BCUT2D eigenvalue weighted by Gasteiger charge is 2.16. The summed E-state index contributed by atoms with van der Waals surface area (Å²) in [5, 5.41) is 13.4. The number of carbonyl (C=O) groups excluding carboxylic acids is 1. The van der Waals surface area contributed by atoms with Gasteiger partial charge in [-0.05, 0) is 31.5 Å². The molecule has 1 amide bonds. The first-order chi connectivity index (χ1) is 8.99. The second-order valence-electron chi connectivity index (χ2n) is 4.38. The quantitative estimate of drug-likeness (QED) is 0.812. The maximum Gasteiger partial charge on any atom is 0.263 e. The number of nitrogen functional groups attached to an aromatic ring is 1. The van der Waals surface area contributed by atoms with Crippen LogP contribution in [0.2, 0.25) is 5.02 Å². The van der Waals surface area contributed by atoms with Crippen molar-refractivity contribution in [3.8, 4) is 0 Å². The molecule has 1 aromatic heterocycles. The number of hydrogen-bond acceptors (Lipinski definition) is 4. The molecule has 1 aromatic carbocycles. The van der Waals surface area contributed by atoms with Crippen molar-refractivity contribution < 1.29 is 9.90 Å². The highest BCUT2D eigenvalue weighted by Crippen LogP contribution is 2.35. The van der Waals surface area contributed by atoms with Crippen LogP contribution in [0.4, 0.5) is 5.69 Å². The standard InChI is InChI=1S/C13H15ClN2O2S/c1-7(17)4-5-16-13(18)12-11(15)9-3-2-8(14)6-10(9)19-12/h2-3,6-7,17H,4-5,15H2,1H3,(H,16,18). The summed E-state index contributed by atoms with van der Waals surface area (Å²) in [6, 6.07) is 5.36. The summed E-state index contributed by atoms with van der Waals surface area (Å²) in [4.78, 5) is 12.5. The molecule has 0 fully saturated rings. The highest BCUT2D eigenvalue weighted by atomic mass is 35.5. The molecule has 0 spiro atoms. The third kappa shape index (κ3) is 3.18. The minimum Gasteiger partial charge on any atom is -0.397 e. The molecule has 0 radical (unpaired) electrons. The van der Waals surface area contributed by atoms with Crippen LogP contribution in [0.15, 0.2) is 18.2 Å². The zero-order valence-corrected chi connectivity index (χ0v) is 12.0. The van der Waals surface area contributed by atoms with Crippen LogP contribution in [0.5, 0.6) is 0 Å². The summed E-state index contributed by atoms with van der Waals surface area (Å²) >= 11 is 7.24. The molecule has 0 bridgehead atoms. The molecule has 4 N–H and O–H groups in total. The van der Waals surface area contributed by atoms with Crippen LogP contribution in [0.25, 0.3) is 10.1 Å². The van der Waals surface area contributed by atoms with Gasteiger partial charge in [0, 0.05) is 21.7 Å². The second-order valence-corrected chi connectivity index (χ2v) is 5.87. The Balaban J connectivity index is 2.20. The van der Waals surface area contributed by atoms with E-state index in [0.717, 1.165) is 10.1 Å². The number of rotatable bonds is 4. The predicted octanol–water partition coefficient (Wildman–Crippen LogP) is 2.64. The summed E-state index contributed by atoms with van der Waals surface area (Å²) < 4.78 is 0.894. The van der Waals surface area contributed by atoms with Gasteiger partial charge in [-0.2, -0.15) is 0 Å². The third-order valence-corrected chi connectivity index (χ3v) is 4.15. The number of nitrogens with two attached hydrogens (primary N) is 1. The lowest BCUT2D eigenvalue weighted by molar-refractivity contribution is 0.0950. The number of thiophene rings is 1. The van der Waals surface area contributed by atoms with Gasteiger partial charge in [0.1, 0.15) is 4.88 Å². The lowest BCUT2D eigenvalue weighted by atomic mass is 10.2. The summed E-state index contributed by atoms with van der Waals surface area (Å²) in [6.07, 6.45) is 0.0846. The van der Waals surface area contributed by atoms with Crippen LogP contribution in [0.1, 0.15) is 23.0 Å². The number of carbonyl (C=O) groups is 1. The zero-order chi connectivity index (χ0) is 14.0. The van der Waals surface area contributed by atoms with E-state index in [1.54, 1.807) is 19.1 Å². The normalized spacial score (nSPS) is 12.6. The van der Waals surface area contributed by atoms with Gasteiger partial charge >= 0.3 is 0 Å². The molecule has 1 atom stereocenters. The smallest absolute Gasteiger partial charge is 0.263 e. The van der Waals surface area contributed by atoms with Gasteiger partial charge in [0.2, 0.25) is 0 Å². The molecular weight excluding hydrogens is 284 g/mol. The van der Waals surface area contributed by atoms with Gasteiger partial charge in [0.25, 0.3) is 5.91 Å². The van der Waals surface area contributed by atoms with Gasteiger partial charge in [0.05, 0.1) is 11.8 Å². The fourth-order valence-electron chi connectivity index (χ4n) is 1.73. The first kappa shape index (κ1) is 14.1. The minimum absolute atomic E-state index is 0.213. The van der Waals surface area contributed by atoms with Crippen LogP contribution >= 0.6 is 22.9 Å². The molecule has 19 heavy (non-hydrogen) atoms. The summed E-state index contributed by atoms with van der Waals surface area (Å²) in [7, 11) is 0. The average Bonchev–Trinajstić information content (AvgIpc) is 2.65. The fraction of sp³-hybridized carbons (Fsp3) is 0.308. The molecule has 2 aromatic rings. The molecular formula is C13H15ClN2O2S. The van der Waals surface area contributed by atoms with Crippen LogP contribution in [-0.2, 0) is 0 Å². The Labute approximate surface area is 120 Å². The van der Waals surface area contributed by atoms with Crippen LogP contribution in [-0.4, -0.2) is 23.7 Å². The monoisotopic (exact) mass is 298 g/mol. The predicted molar refractivity (Wildman–Crippen MR) is 79.9 cm³/mol. The highest BCUT2D eigenvalue weighted by molar-refractivity contribution is 7.21. The van der Waals surface area contributed by atoms with Gasteiger partial charge in [-0.15, -0.1) is 11.3 Å². The van der Waals surface area contributed by atoms with Crippen molar-refractivity contribution in [2.45, 2.75) is 19.4 Å². The van der Waals surface area contributed by atoms with Gasteiger partial charge in [-0.25, -0.2) is 0 Å². The maximum atomic E-state index is 12.0. The average molecular weight is 299 g/mol. The topological polar surface area (TPSA) is 75.3 Å². The Bertz CT molecular complexity index is 610. The zero-order valence-electron chi connectivity index (χ0n) is 10.4. The van der Waals surface area contributed by atoms with Gasteiger partial charge < -0.3 is 16.2 Å². The first-order valence-corrected chi connectivity index (χ1v) is 7.12. The van der Waals surface area contributed by atoms with Crippen molar-refractivity contribution in [2.24, 2.45) is 0 Å². The lowest BCUT2D eigenvalue weighted by Crippen LogP contribution is -2.26. The number of amides is 1. The van der Waals surface area contributed by atoms with E-state index < -0.39 is 6.10 Å². The van der Waals surface area contributed by atoms with E-state index in [-0.39, 0.29) is 5.91 Å². The van der Waals surface area contributed by atoms with Gasteiger partial charge in [0.15, 0.2) is 0 Å². The molecule has 1 unspecified atom stereocenters. The Kier molecular flexibility index (Phi) is 4.29. The fourth-order valence-corrected chi connectivity index (χ4v) is 3.05. The maximum absolute atomic E-state index is 12.0. The molecule has 1 heterocycles. The van der Waals surface area contributed by atoms with E-state index in [2.05, 4.69) is 5.32 Å².